The number of rotatable bonds is 4. The van der Waals surface area contributed by atoms with E-state index in [4.69, 9.17) is 9.47 Å². The maximum absolute atomic E-state index is 12.2. The average molecular weight is 376 g/mol. The van der Waals surface area contributed by atoms with Gasteiger partial charge in [-0.25, -0.2) is 9.59 Å². The lowest BCUT2D eigenvalue weighted by atomic mass is 9.99. The van der Waals surface area contributed by atoms with Gasteiger partial charge in [0.1, 0.15) is 5.60 Å². The second-order valence-electron chi connectivity index (χ2n) is 7.85. The molecule has 27 heavy (non-hydrogen) atoms. The average Bonchev–Trinajstić information content (AvgIpc) is 2.58. The van der Waals surface area contributed by atoms with Crippen LogP contribution >= 0.6 is 0 Å². The van der Waals surface area contributed by atoms with Gasteiger partial charge in [0.15, 0.2) is 6.61 Å². The van der Waals surface area contributed by atoms with Crippen molar-refractivity contribution in [3.05, 3.63) is 29.8 Å². The zero-order valence-corrected chi connectivity index (χ0v) is 16.4. The van der Waals surface area contributed by atoms with Crippen LogP contribution in [0, 0.1) is 5.92 Å². The van der Waals surface area contributed by atoms with Crippen LogP contribution in [0.4, 0.5) is 10.5 Å². The normalized spacial score (nSPS) is 15.2. The molecule has 0 bridgehead atoms. The lowest BCUT2D eigenvalue weighted by Crippen LogP contribution is -2.40. The van der Waals surface area contributed by atoms with Crippen LogP contribution in [0.5, 0.6) is 0 Å². The first-order chi connectivity index (χ1) is 12.6. The van der Waals surface area contributed by atoms with Gasteiger partial charge in [0, 0.05) is 18.8 Å². The van der Waals surface area contributed by atoms with E-state index in [-0.39, 0.29) is 18.1 Å². The number of benzene rings is 1. The van der Waals surface area contributed by atoms with Crippen molar-refractivity contribution in [1.29, 1.82) is 0 Å². The van der Waals surface area contributed by atoms with Crippen molar-refractivity contribution in [2.45, 2.75) is 46.1 Å². The second-order valence-corrected chi connectivity index (χ2v) is 7.85. The molecule has 1 saturated heterocycles. The van der Waals surface area contributed by atoms with Gasteiger partial charge >= 0.3 is 12.1 Å². The first-order valence-corrected chi connectivity index (χ1v) is 9.19. The zero-order chi connectivity index (χ0) is 20.0. The third-order valence-electron chi connectivity index (χ3n) is 4.21. The Labute approximate surface area is 160 Å². The monoisotopic (exact) mass is 376 g/mol. The summed E-state index contributed by atoms with van der Waals surface area (Å²) < 4.78 is 10.3. The van der Waals surface area contributed by atoms with Crippen molar-refractivity contribution in [2.24, 2.45) is 5.92 Å². The molecule has 0 aliphatic carbocycles. The first kappa shape index (κ1) is 20.7. The molecule has 2 amide bonds. The summed E-state index contributed by atoms with van der Waals surface area (Å²) >= 11 is 0. The molecule has 7 heteroatoms. The van der Waals surface area contributed by atoms with Gasteiger partial charge in [-0.2, -0.15) is 0 Å². The fourth-order valence-corrected chi connectivity index (χ4v) is 2.71. The van der Waals surface area contributed by atoms with Crippen LogP contribution < -0.4 is 5.32 Å². The van der Waals surface area contributed by atoms with Crippen LogP contribution in [0.15, 0.2) is 24.3 Å². The highest BCUT2D eigenvalue weighted by Gasteiger charge is 2.22. The SMILES string of the molecule is CC1CCN(C(=O)COC(=O)c2cccc(NC(=O)OC(C)(C)C)c2)CC1. The smallest absolute Gasteiger partial charge is 0.412 e. The number of hydrogen-bond acceptors (Lipinski definition) is 5. The van der Waals surface area contributed by atoms with Crippen LogP contribution in [0.3, 0.4) is 0 Å². The molecule has 1 aromatic rings. The number of amides is 2. The summed E-state index contributed by atoms with van der Waals surface area (Å²) in [6.07, 6.45) is 1.33. The molecule has 1 heterocycles. The molecule has 0 aromatic heterocycles. The Morgan fingerprint density at radius 2 is 1.85 bits per heavy atom. The van der Waals surface area contributed by atoms with Crippen molar-refractivity contribution in [3.8, 4) is 0 Å². The number of likely N-dealkylation sites (tertiary alicyclic amines) is 1. The number of nitrogens with zero attached hydrogens (tertiary/aromatic N) is 1. The zero-order valence-electron chi connectivity index (χ0n) is 16.4. The molecule has 0 atom stereocenters. The summed E-state index contributed by atoms with van der Waals surface area (Å²) in [5.41, 5.74) is 0.0476. The summed E-state index contributed by atoms with van der Waals surface area (Å²) in [6, 6.07) is 6.31. The van der Waals surface area contributed by atoms with Gasteiger partial charge in [0.25, 0.3) is 5.91 Å². The lowest BCUT2D eigenvalue weighted by molar-refractivity contribution is -0.135. The van der Waals surface area contributed by atoms with Crippen molar-refractivity contribution < 1.29 is 23.9 Å². The van der Waals surface area contributed by atoms with Gasteiger partial charge in [-0.15, -0.1) is 0 Å². The van der Waals surface area contributed by atoms with Crippen LogP contribution in [0.1, 0.15) is 50.9 Å². The van der Waals surface area contributed by atoms with E-state index in [1.807, 2.05) is 0 Å². The number of carbonyl (C=O) groups is 3. The molecule has 1 N–H and O–H groups in total. The Morgan fingerprint density at radius 1 is 1.19 bits per heavy atom. The van der Waals surface area contributed by atoms with Gasteiger partial charge in [0.2, 0.25) is 0 Å². The van der Waals surface area contributed by atoms with E-state index >= 15 is 0 Å². The third kappa shape index (κ3) is 6.92. The molecule has 0 unspecified atom stereocenters. The van der Waals surface area contributed by atoms with Crippen molar-refractivity contribution in [2.75, 3.05) is 25.0 Å². The molecule has 0 saturated carbocycles. The minimum absolute atomic E-state index is 0.182. The quantitative estimate of drug-likeness (QED) is 0.814. The molecule has 2 rings (SSSR count). The topological polar surface area (TPSA) is 84.9 Å². The largest absolute Gasteiger partial charge is 0.452 e. The van der Waals surface area contributed by atoms with Crippen LogP contribution in [-0.2, 0) is 14.3 Å². The van der Waals surface area contributed by atoms with E-state index < -0.39 is 17.7 Å². The molecule has 1 aromatic carbocycles. The van der Waals surface area contributed by atoms with Gasteiger partial charge in [0.05, 0.1) is 5.56 Å². The van der Waals surface area contributed by atoms with E-state index in [1.54, 1.807) is 43.9 Å². The number of nitrogens with one attached hydrogen (secondary N) is 1. The number of piperidine rings is 1. The number of anilines is 1. The summed E-state index contributed by atoms with van der Waals surface area (Å²) in [5.74, 6) is -0.170. The third-order valence-corrected chi connectivity index (χ3v) is 4.21. The predicted molar refractivity (Wildman–Crippen MR) is 102 cm³/mol. The Bertz CT molecular complexity index is 688. The Hall–Kier alpha value is -2.57. The Morgan fingerprint density at radius 3 is 2.48 bits per heavy atom. The molecular weight excluding hydrogens is 348 g/mol. The Balaban J connectivity index is 1.87. The van der Waals surface area contributed by atoms with E-state index in [0.717, 1.165) is 12.8 Å². The molecular formula is C20H28N2O5. The second kappa shape index (κ2) is 8.88. The lowest BCUT2D eigenvalue weighted by Gasteiger charge is -2.30. The van der Waals surface area contributed by atoms with E-state index in [1.165, 1.54) is 6.07 Å². The molecule has 1 aliphatic heterocycles. The van der Waals surface area contributed by atoms with E-state index in [0.29, 0.717) is 24.7 Å². The van der Waals surface area contributed by atoms with Gasteiger partial charge in [-0.1, -0.05) is 13.0 Å². The number of ether oxygens (including phenoxy) is 2. The fraction of sp³-hybridized carbons (Fsp3) is 0.550. The molecule has 7 nitrogen and oxygen atoms in total. The number of carbonyl (C=O) groups excluding carboxylic acids is 3. The van der Waals surface area contributed by atoms with Crippen molar-refractivity contribution in [3.63, 3.8) is 0 Å². The van der Waals surface area contributed by atoms with Crippen LogP contribution in [-0.4, -0.2) is 48.2 Å². The van der Waals surface area contributed by atoms with Gasteiger partial charge < -0.3 is 14.4 Å². The molecule has 0 spiro atoms. The summed E-state index contributed by atoms with van der Waals surface area (Å²) in [7, 11) is 0. The minimum atomic E-state index is -0.618. The molecule has 1 aliphatic rings. The maximum Gasteiger partial charge on any atom is 0.412 e. The van der Waals surface area contributed by atoms with Crippen LogP contribution in [0.25, 0.3) is 0 Å². The molecule has 1 fully saturated rings. The standard InChI is InChI=1S/C20H28N2O5/c1-14-8-10-22(11-9-14)17(23)13-26-18(24)15-6-5-7-16(12-15)21-19(25)27-20(2,3)4/h5-7,12,14H,8-11,13H2,1-4H3,(H,21,25). The highest BCUT2D eigenvalue weighted by atomic mass is 16.6. The first-order valence-electron chi connectivity index (χ1n) is 9.19. The van der Waals surface area contributed by atoms with Gasteiger partial charge in [-0.05, 0) is 57.7 Å². The van der Waals surface area contributed by atoms with Crippen LogP contribution in [0.2, 0.25) is 0 Å². The van der Waals surface area contributed by atoms with Gasteiger partial charge in [-0.3, -0.25) is 10.1 Å². The molecule has 148 valence electrons. The summed E-state index contributed by atoms with van der Waals surface area (Å²) in [5, 5.41) is 2.57. The fourth-order valence-electron chi connectivity index (χ4n) is 2.71. The molecule has 0 radical (unpaired) electrons. The maximum atomic E-state index is 12.2. The Kier molecular flexibility index (Phi) is 6.82. The van der Waals surface area contributed by atoms with Crippen molar-refractivity contribution in [1.82, 2.24) is 4.90 Å². The summed E-state index contributed by atoms with van der Waals surface area (Å²) in [4.78, 5) is 37.9. The number of esters is 1. The highest BCUT2D eigenvalue weighted by Crippen LogP contribution is 2.17. The number of hydrogen-bond donors (Lipinski definition) is 1. The minimum Gasteiger partial charge on any atom is -0.452 e. The van der Waals surface area contributed by atoms with E-state index in [9.17, 15) is 14.4 Å². The van der Waals surface area contributed by atoms with Crippen molar-refractivity contribution >= 4 is 23.7 Å². The van der Waals surface area contributed by atoms with E-state index in [2.05, 4.69) is 12.2 Å². The summed E-state index contributed by atoms with van der Waals surface area (Å²) in [6.45, 7) is 8.58. The predicted octanol–water partition coefficient (Wildman–Crippen LogP) is 3.45. The highest BCUT2D eigenvalue weighted by molar-refractivity contribution is 5.93.